The number of fused-ring (bicyclic) bond motifs is 1. The van der Waals surface area contributed by atoms with Gasteiger partial charge in [0.2, 0.25) is 11.7 Å². The van der Waals surface area contributed by atoms with Crippen LogP contribution in [0.5, 0.6) is 0 Å². The number of piperidine rings is 1. The molecule has 0 aromatic carbocycles. The highest BCUT2D eigenvalue weighted by Crippen LogP contribution is 2.28. The van der Waals surface area contributed by atoms with E-state index in [1.54, 1.807) is 0 Å². The first-order chi connectivity index (χ1) is 11.2. The molecule has 1 aliphatic rings. The number of aromatic nitrogens is 2. The number of rotatable bonds is 3. The molecule has 5 nitrogen and oxygen atoms in total. The van der Waals surface area contributed by atoms with E-state index in [1.807, 2.05) is 29.0 Å². The molecule has 1 aliphatic heterocycles. The molecule has 0 amide bonds. The molecule has 0 spiro atoms. The molecule has 118 valence electrons. The Labute approximate surface area is 141 Å². The first kappa shape index (κ1) is 14.7. The van der Waals surface area contributed by atoms with Crippen LogP contribution in [0.2, 0.25) is 0 Å². The van der Waals surface area contributed by atoms with Crippen molar-refractivity contribution in [1.29, 1.82) is 0 Å². The van der Waals surface area contributed by atoms with Crippen LogP contribution in [0.4, 0.5) is 5.95 Å². The summed E-state index contributed by atoms with van der Waals surface area (Å²) < 4.78 is 0.837. The van der Waals surface area contributed by atoms with Crippen molar-refractivity contribution >= 4 is 44.6 Å². The molecule has 4 heterocycles. The Morgan fingerprint density at radius 2 is 2.00 bits per heavy atom. The average molecular weight is 345 g/mol. The minimum Gasteiger partial charge on any atom is -0.393 e. The minimum atomic E-state index is -0.247. The van der Waals surface area contributed by atoms with Crippen molar-refractivity contribution in [1.82, 2.24) is 9.97 Å². The SMILES string of the molecule is O=C(c1cccs1)c1nc(N2CCC(O)CC2)nc2ccsc12. The minimum absolute atomic E-state index is 0.0480. The number of ketones is 1. The van der Waals surface area contributed by atoms with Crippen LogP contribution in [0.3, 0.4) is 0 Å². The number of carbonyl (C=O) groups is 1. The monoisotopic (exact) mass is 345 g/mol. The standard InChI is InChI=1S/C16H15N3O2S2/c20-10-3-6-19(7-4-10)16-17-11-5-9-23-15(11)13(18-16)14(21)12-2-1-8-22-12/h1-2,5,8-10,20H,3-4,6-7H2. The first-order valence-corrected chi connectivity index (χ1v) is 9.25. The van der Waals surface area contributed by atoms with E-state index in [2.05, 4.69) is 14.9 Å². The molecule has 23 heavy (non-hydrogen) atoms. The summed E-state index contributed by atoms with van der Waals surface area (Å²) in [6, 6.07) is 5.62. The van der Waals surface area contributed by atoms with E-state index < -0.39 is 0 Å². The smallest absolute Gasteiger partial charge is 0.226 e. The van der Waals surface area contributed by atoms with E-state index in [0.717, 1.165) is 10.2 Å². The summed E-state index contributed by atoms with van der Waals surface area (Å²) >= 11 is 2.92. The average Bonchev–Trinajstić information content (AvgIpc) is 3.25. The quantitative estimate of drug-likeness (QED) is 0.739. The van der Waals surface area contributed by atoms with Crippen LogP contribution in [0, 0.1) is 0 Å². The van der Waals surface area contributed by atoms with Gasteiger partial charge < -0.3 is 10.0 Å². The van der Waals surface area contributed by atoms with Gasteiger partial charge in [0.1, 0.15) is 5.69 Å². The normalized spacial score (nSPS) is 16.1. The van der Waals surface area contributed by atoms with Crippen LogP contribution in [-0.2, 0) is 0 Å². The van der Waals surface area contributed by atoms with Crippen LogP contribution in [0.25, 0.3) is 10.2 Å². The highest BCUT2D eigenvalue weighted by molar-refractivity contribution is 7.17. The lowest BCUT2D eigenvalue weighted by Crippen LogP contribution is -2.37. The van der Waals surface area contributed by atoms with E-state index >= 15 is 0 Å². The van der Waals surface area contributed by atoms with Gasteiger partial charge in [-0.25, -0.2) is 9.97 Å². The summed E-state index contributed by atoms with van der Waals surface area (Å²) in [6.45, 7) is 1.42. The van der Waals surface area contributed by atoms with Gasteiger partial charge in [0.15, 0.2) is 0 Å². The summed E-state index contributed by atoms with van der Waals surface area (Å²) in [7, 11) is 0. The van der Waals surface area contributed by atoms with E-state index in [0.29, 0.717) is 42.5 Å². The first-order valence-electron chi connectivity index (χ1n) is 7.49. The predicted octanol–water partition coefficient (Wildman–Crippen LogP) is 2.94. The summed E-state index contributed by atoms with van der Waals surface area (Å²) in [5.74, 6) is 0.538. The van der Waals surface area contributed by atoms with Crippen LogP contribution in [0.15, 0.2) is 29.0 Å². The Hall–Kier alpha value is -1.83. The Balaban J connectivity index is 1.77. The Morgan fingerprint density at radius 1 is 1.17 bits per heavy atom. The lowest BCUT2D eigenvalue weighted by molar-refractivity contribution is 0.103. The summed E-state index contributed by atoms with van der Waals surface area (Å²) in [6.07, 6.45) is 1.17. The maximum atomic E-state index is 12.8. The van der Waals surface area contributed by atoms with E-state index in [1.165, 1.54) is 22.7 Å². The van der Waals surface area contributed by atoms with E-state index in [9.17, 15) is 9.90 Å². The van der Waals surface area contributed by atoms with Gasteiger partial charge in [-0.3, -0.25) is 4.79 Å². The van der Waals surface area contributed by atoms with Crippen molar-refractivity contribution in [2.75, 3.05) is 18.0 Å². The third kappa shape index (κ3) is 2.75. The zero-order valence-electron chi connectivity index (χ0n) is 12.3. The lowest BCUT2D eigenvalue weighted by Gasteiger charge is -2.29. The third-order valence-corrected chi connectivity index (χ3v) is 5.78. The molecule has 0 atom stereocenters. The van der Waals surface area contributed by atoms with Crippen molar-refractivity contribution in [3.05, 3.63) is 39.5 Å². The number of anilines is 1. The predicted molar refractivity (Wildman–Crippen MR) is 92.6 cm³/mol. The van der Waals surface area contributed by atoms with Crippen LogP contribution in [-0.4, -0.2) is 40.1 Å². The number of carbonyl (C=O) groups excluding carboxylic acids is 1. The number of hydrogen-bond acceptors (Lipinski definition) is 7. The maximum absolute atomic E-state index is 12.8. The van der Waals surface area contributed by atoms with Crippen LogP contribution >= 0.6 is 22.7 Å². The van der Waals surface area contributed by atoms with E-state index in [-0.39, 0.29) is 11.9 Å². The lowest BCUT2D eigenvalue weighted by atomic mass is 10.1. The van der Waals surface area contributed by atoms with Gasteiger partial charge in [-0.05, 0) is 35.7 Å². The number of aliphatic hydroxyl groups excluding tert-OH is 1. The summed E-state index contributed by atoms with van der Waals surface area (Å²) in [5.41, 5.74) is 1.29. The van der Waals surface area contributed by atoms with Crippen molar-refractivity contribution in [3.8, 4) is 0 Å². The van der Waals surface area contributed by atoms with Gasteiger partial charge in [0.25, 0.3) is 0 Å². The molecule has 1 N–H and O–H groups in total. The zero-order chi connectivity index (χ0) is 15.8. The highest BCUT2D eigenvalue weighted by atomic mass is 32.1. The number of aliphatic hydroxyl groups is 1. The van der Waals surface area contributed by atoms with Gasteiger partial charge in [0, 0.05) is 13.1 Å². The van der Waals surface area contributed by atoms with Crippen molar-refractivity contribution < 1.29 is 9.90 Å². The second-order valence-electron chi connectivity index (χ2n) is 5.53. The molecule has 0 unspecified atom stereocenters. The molecule has 0 radical (unpaired) electrons. The van der Waals surface area contributed by atoms with Gasteiger partial charge in [-0.2, -0.15) is 0 Å². The fourth-order valence-electron chi connectivity index (χ4n) is 2.74. The Kier molecular flexibility index (Phi) is 3.84. The Morgan fingerprint density at radius 3 is 2.74 bits per heavy atom. The molecular formula is C16H15N3O2S2. The topological polar surface area (TPSA) is 66.3 Å². The molecule has 0 aliphatic carbocycles. The molecule has 0 bridgehead atoms. The summed E-state index contributed by atoms with van der Waals surface area (Å²) in [5, 5.41) is 13.5. The molecule has 3 aromatic rings. The zero-order valence-corrected chi connectivity index (χ0v) is 13.9. The third-order valence-electron chi connectivity index (χ3n) is 4.00. The molecule has 3 aromatic heterocycles. The summed E-state index contributed by atoms with van der Waals surface area (Å²) in [4.78, 5) is 24.7. The highest BCUT2D eigenvalue weighted by Gasteiger charge is 2.23. The van der Waals surface area contributed by atoms with Crippen molar-refractivity contribution in [2.45, 2.75) is 18.9 Å². The van der Waals surface area contributed by atoms with Gasteiger partial charge in [-0.15, -0.1) is 22.7 Å². The molecule has 1 fully saturated rings. The fourth-order valence-corrected chi connectivity index (χ4v) is 4.22. The largest absolute Gasteiger partial charge is 0.393 e. The van der Waals surface area contributed by atoms with Gasteiger partial charge in [-0.1, -0.05) is 6.07 Å². The number of thiophene rings is 2. The van der Waals surface area contributed by atoms with Crippen molar-refractivity contribution in [3.63, 3.8) is 0 Å². The second-order valence-corrected chi connectivity index (χ2v) is 7.40. The second kappa shape index (κ2) is 5.99. The number of nitrogens with zero attached hydrogens (tertiary/aromatic N) is 3. The van der Waals surface area contributed by atoms with Gasteiger partial charge in [0.05, 0.1) is 21.2 Å². The number of hydrogen-bond donors (Lipinski definition) is 1. The van der Waals surface area contributed by atoms with Crippen molar-refractivity contribution in [2.24, 2.45) is 0 Å². The van der Waals surface area contributed by atoms with E-state index in [4.69, 9.17) is 0 Å². The molecule has 7 heteroatoms. The van der Waals surface area contributed by atoms with Crippen LogP contribution < -0.4 is 4.90 Å². The fraction of sp³-hybridized carbons (Fsp3) is 0.312. The van der Waals surface area contributed by atoms with Gasteiger partial charge >= 0.3 is 0 Å². The maximum Gasteiger partial charge on any atom is 0.226 e. The molecule has 1 saturated heterocycles. The molecule has 4 rings (SSSR count). The molecular weight excluding hydrogens is 330 g/mol. The molecule has 0 saturated carbocycles. The Bertz CT molecular complexity index is 836. The van der Waals surface area contributed by atoms with Crippen LogP contribution in [0.1, 0.15) is 28.2 Å².